The number of aromatic nitrogens is 3. The van der Waals surface area contributed by atoms with Crippen LogP contribution in [0.25, 0.3) is 11.3 Å². The maximum Gasteiger partial charge on any atom is 0.152 e. The van der Waals surface area contributed by atoms with E-state index in [1.165, 1.54) is 16.8 Å². The predicted octanol–water partition coefficient (Wildman–Crippen LogP) is 4.66. The first-order chi connectivity index (χ1) is 10.1. The molecule has 1 saturated heterocycles. The highest BCUT2D eigenvalue weighted by Gasteiger charge is 2.25. The second-order valence-electron chi connectivity index (χ2n) is 5.99. The molecule has 2 unspecified atom stereocenters. The molecular formula is C16H22BrN3O. The molecule has 0 bridgehead atoms. The Kier molecular flexibility index (Phi) is 4.22. The van der Waals surface area contributed by atoms with E-state index >= 15 is 0 Å². The van der Waals surface area contributed by atoms with Gasteiger partial charge in [0.2, 0.25) is 0 Å². The SMILES string of the molecule is Cc1cnn(C2CCCC(Br)O2)c1-c1ccn(C(C)C)c1. The minimum Gasteiger partial charge on any atom is -0.351 e. The molecule has 0 radical (unpaired) electrons. The fourth-order valence-corrected chi connectivity index (χ4v) is 3.41. The van der Waals surface area contributed by atoms with Crippen LogP contribution in [0.3, 0.4) is 0 Å². The van der Waals surface area contributed by atoms with Crippen molar-refractivity contribution < 1.29 is 4.74 Å². The van der Waals surface area contributed by atoms with E-state index in [0.717, 1.165) is 19.3 Å². The molecule has 1 aliphatic rings. The van der Waals surface area contributed by atoms with Crippen LogP contribution in [-0.2, 0) is 4.74 Å². The molecule has 4 nitrogen and oxygen atoms in total. The van der Waals surface area contributed by atoms with Crippen molar-refractivity contribution >= 4 is 15.9 Å². The van der Waals surface area contributed by atoms with Gasteiger partial charge in [0, 0.05) is 24.0 Å². The van der Waals surface area contributed by atoms with Crippen molar-refractivity contribution in [2.24, 2.45) is 0 Å². The lowest BCUT2D eigenvalue weighted by Gasteiger charge is -2.28. The maximum absolute atomic E-state index is 6.01. The van der Waals surface area contributed by atoms with Crippen molar-refractivity contribution in [2.75, 3.05) is 0 Å². The van der Waals surface area contributed by atoms with Crippen molar-refractivity contribution in [3.8, 4) is 11.3 Å². The van der Waals surface area contributed by atoms with Gasteiger partial charge < -0.3 is 9.30 Å². The molecule has 3 rings (SSSR count). The molecule has 1 aliphatic heterocycles. The summed E-state index contributed by atoms with van der Waals surface area (Å²) in [5.74, 6) is 0. The first kappa shape index (κ1) is 14.9. The number of hydrogen-bond donors (Lipinski definition) is 0. The van der Waals surface area contributed by atoms with Gasteiger partial charge in [0.05, 0.1) is 11.9 Å². The molecule has 0 aliphatic carbocycles. The zero-order chi connectivity index (χ0) is 15.0. The molecule has 2 aromatic rings. The summed E-state index contributed by atoms with van der Waals surface area (Å²) in [6, 6.07) is 2.63. The molecule has 1 fully saturated rings. The predicted molar refractivity (Wildman–Crippen MR) is 87.5 cm³/mol. The number of rotatable bonds is 3. The molecule has 5 heteroatoms. The summed E-state index contributed by atoms with van der Waals surface area (Å²) in [7, 11) is 0. The van der Waals surface area contributed by atoms with Gasteiger partial charge in [-0.2, -0.15) is 5.10 Å². The molecule has 114 valence electrons. The fraction of sp³-hybridized carbons (Fsp3) is 0.562. The smallest absolute Gasteiger partial charge is 0.152 e. The molecular weight excluding hydrogens is 330 g/mol. The largest absolute Gasteiger partial charge is 0.351 e. The summed E-state index contributed by atoms with van der Waals surface area (Å²) in [4.78, 5) is 0. The Bertz CT molecular complexity index is 617. The lowest BCUT2D eigenvalue weighted by molar-refractivity contribution is -0.0523. The second kappa shape index (κ2) is 5.97. The van der Waals surface area contributed by atoms with Gasteiger partial charge in [-0.15, -0.1) is 0 Å². The average Bonchev–Trinajstić information content (AvgIpc) is 3.05. The van der Waals surface area contributed by atoms with Crippen molar-refractivity contribution in [1.82, 2.24) is 14.3 Å². The Morgan fingerprint density at radius 3 is 2.86 bits per heavy atom. The van der Waals surface area contributed by atoms with Crippen LogP contribution in [-0.4, -0.2) is 19.4 Å². The van der Waals surface area contributed by atoms with Crippen molar-refractivity contribution in [2.45, 2.75) is 57.3 Å². The van der Waals surface area contributed by atoms with E-state index in [0.29, 0.717) is 6.04 Å². The van der Waals surface area contributed by atoms with Gasteiger partial charge in [0.25, 0.3) is 0 Å². The molecule has 0 N–H and O–H groups in total. The summed E-state index contributed by atoms with van der Waals surface area (Å²) in [6.45, 7) is 6.49. The highest BCUT2D eigenvalue weighted by Crippen LogP contribution is 2.34. The van der Waals surface area contributed by atoms with E-state index < -0.39 is 0 Å². The van der Waals surface area contributed by atoms with Crippen LogP contribution in [0.2, 0.25) is 0 Å². The summed E-state index contributed by atoms with van der Waals surface area (Å²) in [5, 5.41) is 4.70. The van der Waals surface area contributed by atoms with Gasteiger partial charge in [-0.25, -0.2) is 4.68 Å². The minimum atomic E-state index is 0.0224. The monoisotopic (exact) mass is 351 g/mol. The highest BCUT2D eigenvalue weighted by atomic mass is 79.9. The third kappa shape index (κ3) is 2.94. The Morgan fingerprint density at radius 1 is 1.38 bits per heavy atom. The van der Waals surface area contributed by atoms with Crippen LogP contribution < -0.4 is 0 Å². The third-order valence-electron chi connectivity index (χ3n) is 4.02. The van der Waals surface area contributed by atoms with Gasteiger partial charge in [0.1, 0.15) is 5.01 Å². The molecule has 2 atom stereocenters. The van der Waals surface area contributed by atoms with Crippen molar-refractivity contribution in [3.05, 3.63) is 30.2 Å². The molecule has 2 aromatic heterocycles. The van der Waals surface area contributed by atoms with Crippen LogP contribution in [0, 0.1) is 6.92 Å². The minimum absolute atomic E-state index is 0.0224. The maximum atomic E-state index is 6.01. The normalized spacial score (nSPS) is 22.9. The van der Waals surface area contributed by atoms with E-state index in [9.17, 15) is 0 Å². The number of nitrogens with zero attached hydrogens (tertiary/aromatic N) is 3. The van der Waals surface area contributed by atoms with E-state index in [1.807, 2.05) is 10.9 Å². The zero-order valence-electron chi connectivity index (χ0n) is 12.8. The van der Waals surface area contributed by atoms with E-state index in [-0.39, 0.29) is 11.2 Å². The molecule has 3 heterocycles. The number of ether oxygens (including phenoxy) is 1. The molecule has 0 spiro atoms. The molecule has 0 amide bonds. The standard InChI is InChI=1S/C16H22BrN3O/c1-11(2)19-8-7-13(10-19)16-12(3)9-18-20(16)15-6-4-5-14(17)21-15/h7-11,14-15H,4-6H2,1-3H3. The summed E-state index contributed by atoms with van der Waals surface area (Å²) in [5.41, 5.74) is 3.57. The lowest BCUT2D eigenvalue weighted by Crippen LogP contribution is -2.23. The Balaban J connectivity index is 1.96. The van der Waals surface area contributed by atoms with Crippen LogP contribution in [0.4, 0.5) is 0 Å². The van der Waals surface area contributed by atoms with Crippen LogP contribution in [0.5, 0.6) is 0 Å². The molecule has 21 heavy (non-hydrogen) atoms. The summed E-state index contributed by atoms with van der Waals surface area (Å²) >= 11 is 3.57. The van der Waals surface area contributed by atoms with Gasteiger partial charge in [-0.05, 0) is 51.7 Å². The van der Waals surface area contributed by atoms with E-state index in [2.05, 4.69) is 64.8 Å². The Hall–Kier alpha value is -1.07. The van der Waals surface area contributed by atoms with E-state index in [4.69, 9.17) is 4.74 Å². The van der Waals surface area contributed by atoms with Gasteiger partial charge in [-0.3, -0.25) is 0 Å². The number of aryl methyl sites for hydroxylation is 1. The van der Waals surface area contributed by atoms with Crippen LogP contribution >= 0.6 is 15.9 Å². The fourth-order valence-electron chi connectivity index (χ4n) is 2.84. The number of halogens is 1. The first-order valence-electron chi connectivity index (χ1n) is 7.57. The molecule has 0 saturated carbocycles. The van der Waals surface area contributed by atoms with Crippen LogP contribution in [0.1, 0.15) is 50.9 Å². The van der Waals surface area contributed by atoms with Crippen molar-refractivity contribution in [1.29, 1.82) is 0 Å². The quantitative estimate of drug-likeness (QED) is 0.753. The number of alkyl halides is 1. The van der Waals surface area contributed by atoms with Gasteiger partial charge in [-0.1, -0.05) is 15.9 Å². The van der Waals surface area contributed by atoms with Gasteiger partial charge >= 0.3 is 0 Å². The lowest BCUT2D eigenvalue weighted by atomic mass is 10.1. The molecule has 0 aromatic carbocycles. The van der Waals surface area contributed by atoms with Crippen LogP contribution in [0.15, 0.2) is 24.7 Å². The Morgan fingerprint density at radius 2 is 2.19 bits per heavy atom. The van der Waals surface area contributed by atoms with E-state index in [1.54, 1.807) is 0 Å². The number of hydrogen-bond acceptors (Lipinski definition) is 2. The Labute approximate surface area is 134 Å². The zero-order valence-corrected chi connectivity index (χ0v) is 14.4. The third-order valence-corrected chi connectivity index (χ3v) is 4.70. The van der Waals surface area contributed by atoms with Gasteiger partial charge in [0.15, 0.2) is 6.23 Å². The highest BCUT2D eigenvalue weighted by molar-refractivity contribution is 9.09. The summed E-state index contributed by atoms with van der Waals surface area (Å²) < 4.78 is 10.3. The summed E-state index contributed by atoms with van der Waals surface area (Å²) in [6.07, 6.45) is 9.52. The second-order valence-corrected chi connectivity index (χ2v) is 7.01. The topological polar surface area (TPSA) is 32.0 Å². The first-order valence-corrected chi connectivity index (χ1v) is 8.49. The average molecular weight is 352 g/mol. The van der Waals surface area contributed by atoms with Crippen molar-refractivity contribution in [3.63, 3.8) is 0 Å².